The lowest BCUT2D eigenvalue weighted by Gasteiger charge is -2.34. The molecule has 2 heterocycles. The molecule has 3 atom stereocenters. The maximum Gasteiger partial charge on any atom is 0.237 e. The molecule has 3 fully saturated rings. The molecule has 5 heteroatoms. The highest BCUT2D eigenvalue weighted by Crippen LogP contribution is 2.41. The summed E-state index contributed by atoms with van der Waals surface area (Å²) in [7, 11) is 0. The second kappa shape index (κ2) is 7.03. The van der Waals surface area contributed by atoms with Crippen LogP contribution in [0.25, 0.3) is 0 Å². The number of ether oxygens (including phenoxy) is 1. The average Bonchev–Trinajstić information content (AvgIpc) is 3.19. The summed E-state index contributed by atoms with van der Waals surface area (Å²) in [6.45, 7) is 2.71. The minimum atomic E-state index is 0.0552. The Kier molecular flexibility index (Phi) is 4.79. The second-order valence-electron chi connectivity index (χ2n) is 7.25. The predicted molar refractivity (Wildman–Crippen MR) is 94.3 cm³/mol. The Labute approximate surface area is 148 Å². The van der Waals surface area contributed by atoms with Crippen LogP contribution in [0, 0.1) is 0 Å². The SMILES string of the molecule is O=C(N[C@@H]1C[C@H]1c1ccc(Cl)cc1)[C@@H]1CCCN1C1CCOCC1. The monoisotopic (exact) mass is 348 g/mol. The summed E-state index contributed by atoms with van der Waals surface area (Å²) in [5.41, 5.74) is 1.28. The summed E-state index contributed by atoms with van der Waals surface area (Å²) in [5.74, 6) is 0.671. The molecule has 0 spiro atoms. The summed E-state index contributed by atoms with van der Waals surface area (Å²) in [6.07, 6.45) is 5.26. The molecule has 1 saturated carbocycles. The molecule has 1 aliphatic carbocycles. The summed E-state index contributed by atoms with van der Waals surface area (Å²) >= 11 is 5.95. The van der Waals surface area contributed by atoms with Crippen molar-refractivity contribution in [3.8, 4) is 0 Å². The van der Waals surface area contributed by atoms with Crippen molar-refractivity contribution in [3.05, 3.63) is 34.9 Å². The first kappa shape index (κ1) is 16.4. The first-order valence-corrected chi connectivity index (χ1v) is 9.49. The summed E-state index contributed by atoms with van der Waals surface area (Å²) in [6, 6.07) is 8.86. The van der Waals surface area contributed by atoms with E-state index in [2.05, 4.69) is 22.3 Å². The van der Waals surface area contributed by atoms with Gasteiger partial charge in [-0.05, 0) is 56.3 Å². The van der Waals surface area contributed by atoms with Crippen LogP contribution in [0.5, 0.6) is 0 Å². The smallest absolute Gasteiger partial charge is 0.237 e. The molecule has 1 amide bonds. The van der Waals surface area contributed by atoms with Gasteiger partial charge in [0.15, 0.2) is 0 Å². The van der Waals surface area contributed by atoms with Crippen molar-refractivity contribution in [2.75, 3.05) is 19.8 Å². The molecule has 1 N–H and O–H groups in total. The molecule has 4 rings (SSSR count). The number of benzene rings is 1. The number of carbonyl (C=O) groups is 1. The third-order valence-electron chi connectivity index (χ3n) is 5.67. The number of hydrogen-bond donors (Lipinski definition) is 1. The van der Waals surface area contributed by atoms with Gasteiger partial charge in [-0.1, -0.05) is 23.7 Å². The van der Waals surface area contributed by atoms with E-state index in [1.165, 1.54) is 5.56 Å². The van der Waals surface area contributed by atoms with E-state index in [0.29, 0.717) is 12.0 Å². The topological polar surface area (TPSA) is 41.6 Å². The minimum Gasteiger partial charge on any atom is -0.381 e. The molecule has 0 aromatic heterocycles. The fourth-order valence-electron chi connectivity index (χ4n) is 4.24. The Morgan fingerprint density at radius 2 is 1.92 bits per heavy atom. The van der Waals surface area contributed by atoms with Crippen LogP contribution in [0.3, 0.4) is 0 Å². The van der Waals surface area contributed by atoms with Crippen molar-refractivity contribution in [2.45, 2.75) is 56.1 Å². The fourth-order valence-corrected chi connectivity index (χ4v) is 4.36. The number of hydrogen-bond acceptors (Lipinski definition) is 3. The second-order valence-corrected chi connectivity index (χ2v) is 7.68. The Hall–Kier alpha value is -1.10. The van der Waals surface area contributed by atoms with E-state index in [1.54, 1.807) is 0 Å². The van der Waals surface area contributed by atoms with Gasteiger partial charge < -0.3 is 10.1 Å². The maximum atomic E-state index is 12.8. The number of halogens is 1. The molecule has 2 aliphatic heterocycles. The van der Waals surface area contributed by atoms with Crippen LogP contribution in [-0.4, -0.2) is 48.7 Å². The molecule has 130 valence electrons. The molecule has 0 unspecified atom stereocenters. The first-order chi connectivity index (χ1) is 11.7. The molecule has 1 aromatic rings. The van der Waals surface area contributed by atoms with Crippen molar-refractivity contribution in [1.82, 2.24) is 10.2 Å². The van der Waals surface area contributed by atoms with E-state index in [0.717, 1.165) is 56.9 Å². The lowest BCUT2D eigenvalue weighted by molar-refractivity contribution is -0.127. The van der Waals surface area contributed by atoms with Gasteiger partial charge >= 0.3 is 0 Å². The minimum absolute atomic E-state index is 0.0552. The Balaban J connectivity index is 1.33. The number of rotatable bonds is 4. The van der Waals surface area contributed by atoms with Crippen molar-refractivity contribution in [1.29, 1.82) is 0 Å². The van der Waals surface area contributed by atoms with Crippen LogP contribution in [0.4, 0.5) is 0 Å². The van der Waals surface area contributed by atoms with E-state index in [-0.39, 0.29) is 18.0 Å². The lowest BCUT2D eigenvalue weighted by Crippen LogP contribution is -2.49. The molecule has 4 nitrogen and oxygen atoms in total. The van der Waals surface area contributed by atoms with E-state index in [9.17, 15) is 4.79 Å². The number of carbonyl (C=O) groups excluding carboxylic acids is 1. The zero-order valence-corrected chi connectivity index (χ0v) is 14.7. The zero-order valence-electron chi connectivity index (χ0n) is 13.9. The molecular formula is C19H25ClN2O2. The molecule has 1 aromatic carbocycles. The van der Waals surface area contributed by atoms with E-state index in [1.807, 2.05) is 12.1 Å². The van der Waals surface area contributed by atoms with Crippen LogP contribution in [-0.2, 0) is 9.53 Å². The Morgan fingerprint density at radius 1 is 1.17 bits per heavy atom. The highest BCUT2D eigenvalue weighted by Gasteiger charge is 2.42. The number of nitrogens with one attached hydrogen (secondary N) is 1. The van der Waals surface area contributed by atoms with E-state index >= 15 is 0 Å². The van der Waals surface area contributed by atoms with Crippen LogP contribution >= 0.6 is 11.6 Å². The van der Waals surface area contributed by atoms with Gasteiger partial charge in [0, 0.05) is 36.2 Å². The highest BCUT2D eigenvalue weighted by molar-refractivity contribution is 6.30. The van der Waals surface area contributed by atoms with Gasteiger partial charge in [-0.3, -0.25) is 9.69 Å². The third-order valence-corrected chi connectivity index (χ3v) is 5.92. The van der Waals surface area contributed by atoms with Gasteiger partial charge in [-0.15, -0.1) is 0 Å². The molecule has 2 saturated heterocycles. The van der Waals surface area contributed by atoms with Crippen LogP contribution in [0.15, 0.2) is 24.3 Å². The van der Waals surface area contributed by atoms with Crippen molar-refractivity contribution >= 4 is 17.5 Å². The van der Waals surface area contributed by atoms with Crippen LogP contribution < -0.4 is 5.32 Å². The normalized spacial score (nSPS) is 31.1. The van der Waals surface area contributed by atoms with E-state index in [4.69, 9.17) is 16.3 Å². The van der Waals surface area contributed by atoms with Gasteiger partial charge in [0.1, 0.15) is 0 Å². The molecule has 0 bridgehead atoms. The molecule has 24 heavy (non-hydrogen) atoms. The van der Waals surface area contributed by atoms with Gasteiger partial charge in [-0.2, -0.15) is 0 Å². The van der Waals surface area contributed by atoms with Gasteiger partial charge in [0.05, 0.1) is 6.04 Å². The number of amides is 1. The Morgan fingerprint density at radius 3 is 2.67 bits per heavy atom. The number of nitrogens with zero attached hydrogens (tertiary/aromatic N) is 1. The quantitative estimate of drug-likeness (QED) is 0.909. The fraction of sp³-hybridized carbons (Fsp3) is 0.632. The summed E-state index contributed by atoms with van der Waals surface area (Å²) < 4.78 is 5.46. The summed E-state index contributed by atoms with van der Waals surface area (Å²) in [4.78, 5) is 15.2. The molecular weight excluding hydrogens is 324 g/mol. The largest absolute Gasteiger partial charge is 0.381 e. The van der Waals surface area contributed by atoms with Crippen molar-refractivity contribution < 1.29 is 9.53 Å². The number of likely N-dealkylation sites (tertiary alicyclic amines) is 1. The van der Waals surface area contributed by atoms with E-state index < -0.39 is 0 Å². The first-order valence-electron chi connectivity index (χ1n) is 9.12. The highest BCUT2D eigenvalue weighted by atomic mass is 35.5. The van der Waals surface area contributed by atoms with Crippen LogP contribution in [0.2, 0.25) is 5.02 Å². The lowest BCUT2D eigenvalue weighted by atomic mass is 10.1. The molecule has 3 aliphatic rings. The van der Waals surface area contributed by atoms with Gasteiger partial charge in [-0.25, -0.2) is 0 Å². The van der Waals surface area contributed by atoms with Crippen molar-refractivity contribution in [2.24, 2.45) is 0 Å². The maximum absolute atomic E-state index is 12.8. The Bertz CT molecular complexity index is 586. The standard InChI is InChI=1S/C19H25ClN2O2/c20-14-5-3-13(4-6-14)16-12-17(16)21-19(23)18-2-1-9-22(18)15-7-10-24-11-8-15/h3-6,15-18H,1-2,7-12H2,(H,21,23)/t16-,17+,18-/m0/s1. The molecule has 0 radical (unpaired) electrons. The summed E-state index contributed by atoms with van der Waals surface area (Å²) in [5, 5.41) is 4.05. The van der Waals surface area contributed by atoms with Crippen LogP contribution in [0.1, 0.15) is 43.6 Å². The zero-order chi connectivity index (χ0) is 16.5. The average molecular weight is 349 g/mol. The van der Waals surface area contributed by atoms with Gasteiger partial charge in [0.25, 0.3) is 0 Å². The van der Waals surface area contributed by atoms with Crippen molar-refractivity contribution in [3.63, 3.8) is 0 Å². The third kappa shape index (κ3) is 3.46. The van der Waals surface area contributed by atoms with Gasteiger partial charge in [0.2, 0.25) is 5.91 Å². The predicted octanol–water partition coefficient (Wildman–Crippen LogP) is 2.96.